The number of hydrogen-bond acceptors (Lipinski definition) is 7. The first-order valence-corrected chi connectivity index (χ1v) is 5.44. The minimum absolute atomic E-state index is 0.165. The van der Waals surface area contributed by atoms with Crippen LogP contribution in [0.25, 0.3) is 0 Å². The van der Waals surface area contributed by atoms with E-state index in [1.54, 1.807) is 0 Å². The van der Waals surface area contributed by atoms with E-state index in [9.17, 15) is 15.2 Å². The minimum Gasteiger partial charge on any atom is -0.506 e. The van der Waals surface area contributed by atoms with E-state index >= 15 is 0 Å². The van der Waals surface area contributed by atoms with Gasteiger partial charge in [-0.15, -0.1) is 50.5 Å². The van der Waals surface area contributed by atoms with Gasteiger partial charge in [0.25, 0.3) is 0 Å². The number of phenols is 1. The summed E-state index contributed by atoms with van der Waals surface area (Å²) in [6, 6.07) is 0. The molecule has 0 aliphatic rings. The molecule has 0 amide bonds. The topological polar surface area (TPSA) is 63.4 Å². The van der Waals surface area contributed by atoms with E-state index in [4.69, 9.17) is 0 Å². The lowest BCUT2D eigenvalue weighted by Crippen LogP contribution is -2.02. The molecular formula is C7H7NO3S4. The zero-order chi connectivity index (χ0) is 11.7. The Balaban J connectivity index is 3.45. The fourth-order valence-electron chi connectivity index (χ4n) is 1.01. The van der Waals surface area contributed by atoms with Crippen LogP contribution in [0.2, 0.25) is 0 Å². The molecular weight excluding hydrogens is 274 g/mol. The van der Waals surface area contributed by atoms with Gasteiger partial charge in [-0.2, -0.15) is 0 Å². The number of hydrogen-bond donors (Lipinski definition) is 5. The Kier molecular flexibility index (Phi) is 4.10. The van der Waals surface area contributed by atoms with Crippen molar-refractivity contribution < 1.29 is 10.0 Å². The normalized spacial score (nSPS) is 10.4. The number of nitro groups is 1. The van der Waals surface area contributed by atoms with Crippen molar-refractivity contribution in [1.82, 2.24) is 0 Å². The van der Waals surface area contributed by atoms with Crippen molar-refractivity contribution in [2.45, 2.75) is 26.1 Å². The molecule has 1 N–H and O–H groups in total. The molecule has 1 aromatic carbocycles. The molecule has 0 atom stereocenters. The van der Waals surface area contributed by atoms with Gasteiger partial charge in [0, 0.05) is 14.7 Å². The van der Waals surface area contributed by atoms with Gasteiger partial charge in [-0.25, -0.2) is 0 Å². The van der Waals surface area contributed by atoms with Crippen LogP contribution in [-0.4, -0.2) is 10.0 Å². The van der Waals surface area contributed by atoms with Gasteiger partial charge in [-0.1, -0.05) is 0 Å². The number of rotatable bonds is 2. The van der Waals surface area contributed by atoms with Crippen LogP contribution in [0.1, 0.15) is 5.56 Å². The number of nitrogens with zero attached hydrogens (tertiary/aromatic N) is 1. The Morgan fingerprint density at radius 2 is 1.47 bits per heavy atom. The van der Waals surface area contributed by atoms with Gasteiger partial charge in [-0.05, 0) is 0 Å². The van der Waals surface area contributed by atoms with E-state index in [0.717, 1.165) is 0 Å². The molecule has 0 aliphatic heterocycles. The third-order valence-corrected chi connectivity index (χ3v) is 3.97. The van der Waals surface area contributed by atoms with Crippen LogP contribution < -0.4 is 0 Å². The zero-order valence-corrected chi connectivity index (χ0v) is 10.8. The molecule has 0 aromatic heterocycles. The second-order valence-corrected chi connectivity index (χ2v) is 4.50. The van der Waals surface area contributed by atoms with Gasteiger partial charge in [0.1, 0.15) is 5.75 Å². The average molecular weight is 281 g/mol. The highest BCUT2D eigenvalue weighted by Gasteiger charge is 2.19. The SMILES string of the molecule is O=[N+]([O-])Cc1c(S)c(S)c(O)c(S)c1S. The molecule has 0 spiro atoms. The van der Waals surface area contributed by atoms with Crippen LogP contribution >= 0.6 is 50.5 Å². The predicted molar refractivity (Wildman–Crippen MR) is 67.8 cm³/mol. The fraction of sp³-hybridized carbons (Fsp3) is 0.143. The molecule has 0 heterocycles. The van der Waals surface area contributed by atoms with Crippen LogP contribution in [-0.2, 0) is 6.54 Å². The lowest BCUT2D eigenvalue weighted by molar-refractivity contribution is -0.497. The molecule has 1 rings (SSSR count). The van der Waals surface area contributed by atoms with Gasteiger partial charge in [0.15, 0.2) is 0 Å². The van der Waals surface area contributed by atoms with Crippen molar-refractivity contribution in [3.05, 3.63) is 15.7 Å². The second kappa shape index (κ2) is 4.77. The van der Waals surface area contributed by atoms with Crippen LogP contribution in [0.3, 0.4) is 0 Å². The highest BCUT2D eigenvalue weighted by Crippen LogP contribution is 2.41. The molecule has 4 nitrogen and oxygen atoms in total. The van der Waals surface area contributed by atoms with Crippen molar-refractivity contribution in [1.29, 1.82) is 0 Å². The molecule has 0 fully saturated rings. The van der Waals surface area contributed by atoms with E-state index < -0.39 is 11.5 Å². The maximum Gasteiger partial charge on any atom is 0.231 e. The molecule has 0 unspecified atom stereocenters. The molecule has 0 bridgehead atoms. The summed E-state index contributed by atoms with van der Waals surface area (Å²) in [7, 11) is 0. The monoisotopic (exact) mass is 281 g/mol. The second-order valence-electron chi connectivity index (χ2n) is 2.71. The summed E-state index contributed by atoms with van der Waals surface area (Å²) in [6.45, 7) is -0.431. The lowest BCUT2D eigenvalue weighted by Gasteiger charge is -2.11. The number of phenolic OH excluding ortho intramolecular Hbond substituents is 1. The standard InChI is InChI=1S/C7H7NO3S4/c9-3-6(14)4(12)2(1-8(10)11)5(13)7(3)15/h9,12-15H,1H2. The number of thiol groups is 4. The molecule has 82 valence electrons. The van der Waals surface area contributed by atoms with Crippen molar-refractivity contribution in [3.8, 4) is 5.75 Å². The smallest absolute Gasteiger partial charge is 0.231 e. The first-order chi connectivity index (χ1) is 6.86. The van der Waals surface area contributed by atoms with Crippen LogP contribution in [0.4, 0.5) is 0 Å². The quantitative estimate of drug-likeness (QED) is 0.328. The predicted octanol–water partition coefficient (Wildman–Crippen LogP) is 2.32. The average Bonchev–Trinajstić information content (AvgIpc) is 2.18. The zero-order valence-electron chi connectivity index (χ0n) is 7.21. The third-order valence-electron chi connectivity index (χ3n) is 1.76. The lowest BCUT2D eigenvalue weighted by atomic mass is 10.2. The summed E-state index contributed by atoms with van der Waals surface area (Å²) < 4.78 is 0. The van der Waals surface area contributed by atoms with E-state index in [0.29, 0.717) is 5.56 Å². The molecule has 15 heavy (non-hydrogen) atoms. The molecule has 8 heteroatoms. The minimum atomic E-state index is -0.508. The van der Waals surface area contributed by atoms with Crippen molar-refractivity contribution in [2.24, 2.45) is 0 Å². The van der Waals surface area contributed by atoms with E-state index in [-0.39, 0.29) is 25.3 Å². The van der Waals surface area contributed by atoms with Gasteiger partial charge < -0.3 is 5.11 Å². The Morgan fingerprint density at radius 1 is 1.07 bits per heavy atom. The first kappa shape index (κ1) is 12.9. The highest BCUT2D eigenvalue weighted by atomic mass is 32.1. The fourth-order valence-corrected chi connectivity index (χ4v) is 2.26. The van der Waals surface area contributed by atoms with Crippen molar-refractivity contribution >= 4 is 50.5 Å². The van der Waals surface area contributed by atoms with Gasteiger partial charge in [-0.3, -0.25) is 10.1 Å². The third kappa shape index (κ3) is 2.49. The first-order valence-electron chi connectivity index (χ1n) is 3.65. The summed E-state index contributed by atoms with van der Waals surface area (Å²) in [4.78, 5) is 10.7. The molecule has 1 aromatic rings. The molecule has 0 saturated heterocycles. The van der Waals surface area contributed by atoms with Gasteiger partial charge in [0.05, 0.1) is 15.4 Å². The summed E-state index contributed by atoms with van der Waals surface area (Å²) in [5.74, 6) is -0.177. The van der Waals surface area contributed by atoms with Gasteiger partial charge in [0.2, 0.25) is 6.54 Å². The summed E-state index contributed by atoms with van der Waals surface area (Å²) in [5, 5.41) is 19.9. The molecule has 0 aliphatic carbocycles. The number of benzene rings is 1. The van der Waals surface area contributed by atoms with E-state index in [1.807, 2.05) is 0 Å². The Labute approximate surface area is 108 Å². The Morgan fingerprint density at radius 3 is 1.80 bits per heavy atom. The van der Waals surface area contributed by atoms with Crippen molar-refractivity contribution in [3.63, 3.8) is 0 Å². The summed E-state index contributed by atoms with van der Waals surface area (Å²) in [5.41, 5.74) is 0.291. The Hall–Kier alpha value is -0.180. The summed E-state index contributed by atoms with van der Waals surface area (Å²) >= 11 is 16.1. The van der Waals surface area contributed by atoms with E-state index in [1.165, 1.54) is 0 Å². The van der Waals surface area contributed by atoms with Crippen LogP contribution in [0.15, 0.2) is 19.6 Å². The van der Waals surface area contributed by atoms with Gasteiger partial charge >= 0.3 is 0 Å². The van der Waals surface area contributed by atoms with E-state index in [2.05, 4.69) is 50.5 Å². The van der Waals surface area contributed by atoms with Crippen molar-refractivity contribution in [2.75, 3.05) is 0 Å². The Bertz CT molecular complexity index is 406. The largest absolute Gasteiger partial charge is 0.506 e. The maximum absolute atomic E-state index is 10.4. The van der Waals surface area contributed by atoms with Crippen LogP contribution in [0.5, 0.6) is 5.75 Å². The van der Waals surface area contributed by atoms with Crippen LogP contribution in [0, 0.1) is 10.1 Å². The summed E-state index contributed by atoms with van der Waals surface area (Å²) in [6.07, 6.45) is 0. The number of aromatic hydroxyl groups is 1. The maximum atomic E-state index is 10.4. The molecule has 0 radical (unpaired) electrons. The highest BCUT2D eigenvalue weighted by molar-refractivity contribution is 7.84. The molecule has 0 saturated carbocycles.